The Labute approximate surface area is 120 Å². The average Bonchev–Trinajstić information content (AvgIpc) is 3.01. The van der Waals surface area contributed by atoms with E-state index in [1.807, 2.05) is 14.1 Å². The molecule has 0 radical (unpaired) electrons. The predicted molar refractivity (Wildman–Crippen MR) is 72.7 cm³/mol. The van der Waals surface area contributed by atoms with E-state index < -0.39 is 24.5 Å². The van der Waals surface area contributed by atoms with Gasteiger partial charge in [-0.1, -0.05) is 0 Å². The number of aliphatic hydroxyl groups is 3. The second kappa shape index (κ2) is 5.19. The van der Waals surface area contributed by atoms with Gasteiger partial charge >= 0.3 is 0 Å². The first kappa shape index (κ1) is 14.1. The van der Waals surface area contributed by atoms with Crippen molar-refractivity contribution >= 4 is 17.0 Å². The van der Waals surface area contributed by atoms with Gasteiger partial charge in [0.25, 0.3) is 0 Å². The van der Waals surface area contributed by atoms with Crippen LogP contribution in [0.5, 0.6) is 0 Å². The SMILES string of the molecule is CN(C)c1ncnc2ncn([C@@H]3O[C@H](CO)[C@@H](O)[C@H]3O)c12. The van der Waals surface area contributed by atoms with E-state index in [1.54, 1.807) is 9.47 Å². The van der Waals surface area contributed by atoms with Crippen molar-refractivity contribution in [1.82, 2.24) is 19.5 Å². The van der Waals surface area contributed by atoms with Gasteiger partial charge in [-0.05, 0) is 0 Å². The van der Waals surface area contributed by atoms with E-state index in [0.717, 1.165) is 0 Å². The summed E-state index contributed by atoms with van der Waals surface area (Å²) < 4.78 is 7.10. The summed E-state index contributed by atoms with van der Waals surface area (Å²) in [5.41, 5.74) is 1.06. The summed E-state index contributed by atoms with van der Waals surface area (Å²) in [6.45, 7) is -0.377. The third-order valence-corrected chi connectivity index (χ3v) is 3.56. The summed E-state index contributed by atoms with van der Waals surface area (Å²) in [7, 11) is 3.66. The highest BCUT2D eigenvalue weighted by Crippen LogP contribution is 2.33. The fourth-order valence-electron chi connectivity index (χ4n) is 2.49. The first-order chi connectivity index (χ1) is 10.0. The lowest BCUT2D eigenvalue weighted by Gasteiger charge is -2.19. The zero-order valence-corrected chi connectivity index (χ0v) is 11.7. The molecule has 114 valence electrons. The summed E-state index contributed by atoms with van der Waals surface area (Å²) in [6, 6.07) is 0. The number of aromatic nitrogens is 4. The molecule has 0 aromatic carbocycles. The molecule has 2 aromatic heterocycles. The normalized spacial score (nSPS) is 29.2. The number of ether oxygens (including phenoxy) is 1. The number of anilines is 1. The van der Waals surface area contributed by atoms with Crippen LogP contribution in [0.25, 0.3) is 11.2 Å². The van der Waals surface area contributed by atoms with E-state index in [-0.39, 0.29) is 6.61 Å². The Hall–Kier alpha value is -1.81. The second-order valence-electron chi connectivity index (χ2n) is 5.14. The van der Waals surface area contributed by atoms with Crippen LogP contribution in [0.15, 0.2) is 12.7 Å². The lowest BCUT2D eigenvalue weighted by molar-refractivity contribution is -0.0508. The highest BCUT2D eigenvalue weighted by atomic mass is 16.6. The number of nitrogens with zero attached hydrogens (tertiary/aromatic N) is 5. The van der Waals surface area contributed by atoms with Gasteiger partial charge in [0.05, 0.1) is 6.61 Å². The van der Waals surface area contributed by atoms with Crippen molar-refractivity contribution in [3.8, 4) is 0 Å². The van der Waals surface area contributed by atoms with Gasteiger partial charge in [-0.25, -0.2) is 15.0 Å². The third kappa shape index (κ3) is 2.14. The molecule has 9 heteroatoms. The minimum atomic E-state index is -1.17. The molecule has 1 aliphatic heterocycles. The molecule has 1 fully saturated rings. The standard InChI is InChI=1S/C12H17N5O4/c1-16(2)11-7-10(13-4-14-11)15-5-17(7)12-9(20)8(19)6(3-18)21-12/h4-6,8-9,12,18-20H,3H2,1-2H3/t6-,8-,9-,12-/m1/s1. The van der Waals surface area contributed by atoms with Crippen LogP contribution < -0.4 is 4.90 Å². The Morgan fingerprint density at radius 1 is 1.24 bits per heavy atom. The second-order valence-corrected chi connectivity index (χ2v) is 5.14. The average molecular weight is 295 g/mol. The number of aliphatic hydroxyl groups excluding tert-OH is 3. The smallest absolute Gasteiger partial charge is 0.183 e. The first-order valence-electron chi connectivity index (χ1n) is 6.52. The molecule has 0 unspecified atom stereocenters. The molecule has 1 saturated heterocycles. The van der Waals surface area contributed by atoms with Crippen LogP contribution in [0.1, 0.15) is 6.23 Å². The minimum Gasteiger partial charge on any atom is -0.394 e. The number of fused-ring (bicyclic) bond motifs is 1. The van der Waals surface area contributed by atoms with Crippen molar-refractivity contribution in [3.05, 3.63) is 12.7 Å². The maximum absolute atomic E-state index is 10.1. The molecule has 9 nitrogen and oxygen atoms in total. The van der Waals surface area contributed by atoms with Crippen LogP contribution in [0.3, 0.4) is 0 Å². The monoisotopic (exact) mass is 295 g/mol. The Morgan fingerprint density at radius 2 is 2.00 bits per heavy atom. The fourth-order valence-corrected chi connectivity index (χ4v) is 2.49. The predicted octanol–water partition coefficient (Wildman–Crippen LogP) is -1.50. The van der Waals surface area contributed by atoms with Gasteiger partial charge < -0.3 is 25.0 Å². The van der Waals surface area contributed by atoms with E-state index in [2.05, 4.69) is 15.0 Å². The minimum absolute atomic E-state index is 0.377. The molecule has 4 atom stereocenters. The maximum Gasteiger partial charge on any atom is 0.183 e. The molecule has 0 bridgehead atoms. The number of hydrogen-bond acceptors (Lipinski definition) is 8. The Bertz CT molecular complexity index is 646. The van der Waals surface area contributed by atoms with Crippen LogP contribution in [-0.4, -0.2) is 73.9 Å². The van der Waals surface area contributed by atoms with Crippen molar-refractivity contribution in [2.75, 3.05) is 25.6 Å². The van der Waals surface area contributed by atoms with Crippen molar-refractivity contribution in [1.29, 1.82) is 0 Å². The molecule has 0 saturated carbocycles. The largest absolute Gasteiger partial charge is 0.394 e. The van der Waals surface area contributed by atoms with E-state index >= 15 is 0 Å². The lowest BCUT2D eigenvalue weighted by atomic mass is 10.1. The summed E-state index contributed by atoms with van der Waals surface area (Å²) in [6.07, 6.45) is -1.14. The van der Waals surface area contributed by atoms with Gasteiger partial charge in [-0.15, -0.1) is 0 Å². The summed E-state index contributed by atoms with van der Waals surface area (Å²) >= 11 is 0. The first-order valence-corrected chi connectivity index (χ1v) is 6.52. The van der Waals surface area contributed by atoms with Gasteiger partial charge in [0.1, 0.15) is 36.5 Å². The highest BCUT2D eigenvalue weighted by Gasteiger charge is 2.44. The third-order valence-electron chi connectivity index (χ3n) is 3.56. The molecular formula is C12H17N5O4. The van der Waals surface area contributed by atoms with Crippen molar-refractivity contribution < 1.29 is 20.1 Å². The maximum atomic E-state index is 10.1. The van der Waals surface area contributed by atoms with Crippen LogP contribution in [0.4, 0.5) is 5.82 Å². The molecular weight excluding hydrogens is 278 g/mol. The van der Waals surface area contributed by atoms with Gasteiger partial charge in [-0.2, -0.15) is 0 Å². The van der Waals surface area contributed by atoms with E-state index in [9.17, 15) is 15.3 Å². The summed E-state index contributed by atoms with van der Waals surface area (Å²) in [5, 5.41) is 29.2. The Balaban J connectivity index is 2.09. The lowest BCUT2D eigenvalue weighted by Crippen LogP contribution is -2.33. The fraction of sp³-hybridized carbons (Fsp3) is 0.583. The molecule has 3 rings (SSSR count). The van der Waals surface area contributed by atoms with Gasteiger partial charge in [-0.3, -0.25) is 4.57 Å². The van der Waals surface area contributed by atoms with Gasteiger partial charge in [0.15, 0.2) is 17.7 Å². The van der Waals surface area contributed by atoms with Gasteiger partial charge in [0, 0.05) is 14.1 Å². The van der Waals surface area contributed by atoms with Crippen LogP contribution in [-0.2, 0) is 4.74 Å². The zero-order chi connectivity index (χ0) is 15.1. The molecule has 0 aliphatic carbocycles. The molecule has 21 heavy (non-hydrogen) atoms. The quantitative estimate of drug-likeness (QED) is 0.626. The van der Waals surface area contributed by atoms with Crippen LogP contribution in [0, 0.1) is 0 Å². The van der Waals surface area contributed by atoms with E-state index in [4.69, 9.17) is 4.74 Å². The number of rotatable bonds is 3. The van der Waals surface area contributed by atoms with Gasteiger partial charge in [0.2, 0.25) is 0 Å². The molecule has 0 spiro atoms. The van der Waals surface area contributed by atoms with Crippen LogP contribution in [0.2, 0.25) is 0 Å². The Morgan fingerprint density at radius 3 is 2.62 bits per heavy atom. The van der Waals surface area contributed by atoms with Crippen molar-refractivity contribution in [2.24, 2.45) is 0 Å². The molecule has 1 aliphatic rings. The molecule has 3 heterocycles. The topological polar surface area (TPSA) is 117 Å². The molecule has 0 amide bonds. The van der Waals surface area contributed by atoms with E-state index in [0.29, 0.717) is 17.0 Å². The number of hydrogen-bond donors (Lipinski definition) is 3. The summed E-state index contributed by atoms with van der Waals surface area (Å²) in [4.78, 5) is 14.2. The Kier molecular flexibility index (Phi) is 3.49. The molecule has 2 aromatic rings. The van der Waals surface area contributed by atoms with E-state index in [1.165, 1.54) is 12.7 Å². The zero-order valence-electron chi connectivity index (χ0n) is 11.7. The van der Waals surface area contributed by atoms with Crippen molar-refractivity contribution in [2.45, 2.75) is 24.5 Å². The number of imidazole rings is 1. The van der Waals surface area contributed by atoms with Crippen LogP contribution >= 0.6 is 0 Å². The summed E-state index contributed by atoms with van der Waals surface area (Å²) in [5.74, 6) is 0.621. The highest BCUT2D eigenvalue weighted by molar-refractivity contribution is 5.83. The van der Waals surface area contributed by atoms with Crippen molar-refractivity contribution in [3.63, 3.8) is 0 Å². The molecule has 3 N–H and O–H groups in total.